The molecule has 0 aliphatic carbocycles. The fourth-order valence-corrected chi connectivity index (χ4v) is 1.87. The van der Waals surface area contributed by atoms with Gasteiger partial charge in [-0.1, -0.05) is 0 Å². The summed E-state index contributed by atoms with van der Waals surface area (Å²) in [4.78, 5) is 13.2. The van der Waals surface area contributed by atoms with E-state index in [9.17, 15) is 4.79 Å². The number of hydrogen-bond acceptors (Lipinski definition) is 3. The van der Waals surface area contributed by atoms with Gasteiger partial charge < -0.3 is 10.6 Å². The van der Waals surface area contributed by atoms with Gasteiger partial charge in [-0.25, -0.2) is 0 Å². The molecule has 2 N–H and O–H groups in total. The number of likely N-dealkylation sites (tertiary alicyclic amines) is 1. The Bertz CT molecular complexity index is 341. The molecule has 0 unspecified atom stereocenters. The molecule has 1 fully saturated rings. The topological polar surface area (TPSA) is 64.2 Å². The summed E-state index contributed by atoms with van der Waals surface area (Å²) >= 11 is 0. The van der Waals surface area contributed by atoms with E-state index < -0.39 is 5.91 Å². The summed E-state index contributed by atoms with van der Waals surface area (Å²) in [6.07, 6.45) is 4.40. The van der Waals surface area contributed by atoms with E-state index in [0.29, 0.717) is 5.69 Å². The van der Waals surface area contributed by atoms with E-state index in [4.69, 9.17) is 5.73 Å². The van der Waals surface area contributed by atoms with Crippen molar-refractivity contribution in [2.45, 2.75) is 19.4 Å². The van der Waals surface area contributed by atoms with Gasteiger partial charge in [0.15, 0.2) is 0 Å². The molecular weight excluding hydrogens is 192 g/mol. The summed E-state index contributed by atoms with van der Waals surface area (Å²) in [6, 6.07) is 1.66. The van der Waals surface area contributed by atoms with Gasteiger partial charge in [0.2, 0.25) is 0 Å². The molecule has 5 heteroatoms. The van der Waals surface area contributed by atoms with E-state index in [-0.39, 0.29) is 0 Å². The number of nitrogens with two attached hydrogens (primary N) is 1. The van der Waals surface area contributed by atoms with E-state index >= 15 is 0 Å². The van der Waals surface area contributed by atoms with Crippen molar-refractivity contribution in [1.82, 2.24) is 14.7 Å². The van der Waals surface area contributed by atoms with E-state index in [1.807, 2.05) is 0 Å². The first-order valence-electron chi connectivity index (χ1n) is 5.31. The van der Waals surface area contributed by atoms with Gasteiger partial charge in [0.1, 0.15) is 5.69 Å². The van der Waals surface area contributed by atoms with Crippen molar-refractivity contribution in [2.24, 2.45) is 5.73 Å². The molecule has 1 aromatic rings. The van der Waals surface area contributed by atoms with Crippen LogP contribution in [0.4, 0.5) is 0 Å². The van der Waals surface area contributed by atoms with Crippen LogP contribution < -0.4 is 5.73 Å². The average molecular weight is 208 g/mol. The first-order valence-corrected chi connectivity index (χ1v) is 5.31. The minimum Gasteiger partial charge on any atom is -0.364 e. The van der Waals surface area contributed by atoms with Crippen molar-refractivity contribution in [2.75, 3.05) is 19.6 Å². The van der Waals surface area contributed by atoms with Crippen LogP contribution in [0.5, 0.6) is 0 Å². The molecular formula is C10H16N4O. The third kappa shape index (κ3) is 2.56. The molecule has 82 valence electrons. The first-order chi connectivity index (χ1) is 7.25. The zero-order valence-corrected chi connectivity index (χ0v) is 8.72. The van der Waals surface area contributed by atoms with Crippen LogP contribution >= 0.6 is 0 Å². The summed E-state index contributed by atoms with van der Waals surface area (Å²) in [7, 11) is 0. The van der Waals surface area contributed by atoms with Crippen molar-refractivity contribution >= 4 is 5.91 Å². The Morgan fingerprint density at radius 2 is 2.13 bits per heavy atom. The van der Waals surface area contributed by atoms with E-state index in [1.165, 1.54) is 25.9 Å². The number of carbonyl (C=O) groups excluding carboxylic acids is 1. The number of carbonyl (C=O) groups is 1. The third-order valence-electron chi connectivity index (χ3n) is 2.74. The van der Waals surface area contributed by atoms with E-state index in [2.05, 4.69) is 10.00 Å². The molecule has 0 bridgehead atoms. The van der Waals surface area contributed by atoms with Crippen molar-refractivity contribution in [3.05, 3.63) is 18.0 Å². The predicted molar refractivity (Wildman–Crippen MR) is 56.4 cm³/mol. The zero-order valence-electron chi connectivity index (χ0n) is 8.72. The monoisotopic (exact) mass is 208 g/mol. The molecule has 1 saturated heterocycles. The van der Waals surface area contributed by atoms with Gasteiger partial charge in [-0.3, -0.25) is 9.48 Å². The fourth-order valence-electron chi connectivity index (χ4n) is 1.87. The maximum absolute atomic E-state index is 10.8. The first kappa shape index (κ1) is 10.2. The summed E-state index contributed by atoms with van der Waals surface area (Å²) < 4.78 is 1.78. The van der Waals surface area contributed by atoms with Crippen LogP contribution in [0.3, 0.4) is 0 Å². The fraction of sp³-hybridized carbons (Fsp3) is 0.600. The van der Waals surface area contributed by atoms with Gasteiger partial charge in [-0.05, 0) is 32.0 Å². The van der Waals surface area contributed by atoms with Gasteiger partial charge in [-0.15, -0.1) is 0 Å². The highest BCUT2D eigenvalue weighted by Gasteiger charge is 2.11. The van der Waals surface area contributed by atoms with E-state index in [1.54, 1.807) is 16.9 Å². The number of nitrogens with zero attached hydrogens (tertiary/aromatic N) is 3. The Labute approximate surface area is 88.8 Å². The van der Waals surface area contributed by atoms with Gasteiger partial charge in [-0.2, -0.15) is 5.10 Å². The van der Waals surface area contributed by atoms with Gasteiger partial charge in [0.25, 0.3) is 5.91 Å². The number of amides is 1. The Morgan fingerprint density at radius 3 is 2.73 bits per heavy atom. The Balaban J connectivity index is 1.84. The van der Waals surface area contributed by atoms with Gasteiger partial charge >= 0.3 is 0 Å². The quantitative estimate of drug-likeness (QED) is 0.762. The summed E-state index contributed by atoms with van der Waals surface area (Å²) in [5, 5.41) is 4.09. The Kier molecular flexibility index (Phi) is 3.01. The minimum absolute atomic E-state index is 0.344. The van der Waals surface area contributed by atoms with Crippen LogP contribution in [0.1, 0.15) is 23.3 Å². The molecule has 1 aromatic heterocycles. The standard InChI is InChI=1S/C10H16N4O/c11-10(15)9-3-6-14(12-9)8-7-13-4-1-2-5-13/h3,6H,1-2,4-5,7-8H2,(H2,11,15). The van der Waals surface area contributed by atoms with Gasteiger partial charge in [0.05, 0.1) is 6.54 Å². The molecule has 0 saturated carbocycles. The van der Waals surface area contributed by atoms with E-state index in [0.717, 1.165) is 13.1 Å². The number of rotatable bonds is 4. The summed E-state index contributed by atoms with van der Waals surface area (Å²) in [5.41, 5.74) is 5.46. The minimum atomic E-state index is -0.463. The second-order valence-corrected chi connectivity index (χ2v) is 3.88. The largest absolute Gasteiger partial charge is 0.364 e. The Hall–Kier alpha value is -1.36. The number of aromatic nitrogens is 2. The van der Waals surface area contributed by atoms with Crippen LogP contribution in [-0.2, 0) is 6.54 Å². The smallest absolute Gasteiger partial charge is 0.269 e. The van der Waals surface area contributed by atoms with Crippen LogP contribution in [0.15, 0.2) is 12.3 Å². The highest BCUT2D eigenvalue weighted by Crippen LogP contribution is 2.06. The molecule has 2 rings (SSSR count). The highest BCUT2D eigenvalue weighted by atomic mass is 16.1. The molecule has 0 spiro atoms. The van der Waals surface area contributed by atoms with Crippen molar-refractivity contribution in [1.29, 1.82) is 0 Å². The normalized spacial score (nSPS) is 17.1. The molecule has 0 radical (unpaired) electrons. The molecule has 1 aliphatic rings. The summed E-state index contributed by atoms with van der Waals surface area (Å²) in [6.45, 7) is 4.20. The van der Waals surface area contributed by atoms with Crippen LogP contribution in [0.2, 0.25) is 0 Å². The number of primary amides is 1. The maximum atomic E-state index is 10.8. The molecule has 0 aromatic carbocycles. The average Bonchev–Trinajstić information content (AvgIpc) is 2.86. The predicted octanol–water partition coefficient (Wildman–Crippen LogP) is 0.0778. The Morgan fingerprint density at radius 1 is 1.40 bits per heavy atom. The van der Waals surface area contributed by atoms with Crippen molar-refractivity contribution in [3.8, 4) is 0 Å². The molecule has 5 nitrogen and oxygen atoms in total. The van der Waals surface area contributed by atoms with Crippen LogP contribution in [0.25, 0.3) is 0 Å². The van der Waals surface area contributed by atoms with Crippen LogP contribution in [-0.4, -0.2) is 40.2 Å². The molecule has 1 aliphatic heterocycles. The van der Waals surface area contributed by atoms with Crippen LogP contribution in [0, 0.1) is 0 Å². The zero-order chi connectivity index (χ0) is 10.7. The maximum Gasteiger partial charge on any atom is 0.269 e. The van der Waals surface area contributed by atoms with Gasteiger partial charge in [0, 0.05) is 12.7 Å². The molecule has 0 atom stereocenters. The summed E-state index contributed by atoms with van der Waals surface area (Å²) in [5.74, 6) is -0.463. The lowest BCUT2D eigenvalue weighted by Crippen LogP contribution is -2.24. The molecule has 1 amide bonds. The lowest BCUT2D eigenvalue weighted by Gasteiger charge is -2.13. The highest BCUT2D eigenvalue weighted by molar-refractivity contribution is 5.90. The SMILES string of the molecule is NC(=O)c1ccn(CCN2CCCC2)n1. The number of hydrogen-bond donors (Lipinski definition) is 1. The third-order valence-corrected chi connectivity index (χ3v) is 2.74. The molecule has 15 heavy (non-hydrogen) atoms. The second kappa shape index (κ2) is 4.44. The lowest BCUT2D eigenvalue weighted by atomic mass is 10.4. The lowest BCUT2D eigenvalue weighted by molar-refractivity contribution is 0.0994. The van der Waals surface area contributed by atoms with Crippen molar-refractivity contribution in [3.63, 3.8) is 0 Å². The second-order valence-electron chi connectivity index (χ2n) is 3.88. The molecule has 2 heterocycles. The van der Waals surface area contributed by atoms with Crippen molar-refractivity contribution < 1.29 is 4.79 Å².